The van der Waals surface area contributed by atoms with Gasteiger partial charge in [0.25, 0.3) is 5.56 Å². The van der Waals surface area contributed by atoms with Crippen molar-refractivity contribution in [3.63, 3.8) is 0 Å². The van der Waals surface area contributed by atoms with Crippen LogP contribution in [0.3, 0.4) is 0 Å². The lowest BCUT2D eigenvalue weighted by molar-refractivity contribution is -0.118. The van der Waals surface area contributed by atoms with Gasteiger partial charge in [0.15, 0.2) is 5.78 Å². The Hall–Kier alpha value is -2.80. The van der Waals surface area contributed by atoms with Gasteiger partial charge in [-0.3, -0.25) is 19.0 Å². The molecule has 27 heavy (non-hydrogen) atoms. The van der Waals surface area contributed by atoms with Gasteiger partial charge in [0.1, 0.15) is 10.9 Å². The summed E-state index contributed by atoms with van der Waals surface area (Å²) < 4.78 is 1.39. The van der Waals surface area contributed by atoms with E-state index in [1.54, 1.807) is 42.5 Å². The van der Waals surface area contributed by atoms with Gasteiger partial charge >= 0.3 is 0 Å². The van der Waals surface area contributed by atoms with Crippen LogP contribution in [-0.4, -0.2) is 21.2 Å². The number of aromatic nitrogens is 2. The summed E-state index contributed by atoms with van der Waals surface area (Å²) in [5.74, 6) is -0.401. The average Bonchev–Trinajstić information content (AvgIpc) is 3.22. The quantitative estimate of drug-likeness (QED) is 0.703. The van der Waals surface area contributed by atoms with Gasteiger partial charge in [-0.05, 0) is 50.8 Å². The maximum Gasteiger partial charge on any atom is 0.263 e. The van der Waals surface area contributed by atoms with Crippen molar-refractivity contribution >= 4 is 38.9 Å². The van der Waals surface area contributed by atoms with Crippen LogP contribution in [0, 0.1) is 0 Å². The molecule has 0 bridgehead atoms. The van der Waals surface area contributed by atoms with Crippen LogP contribution < -0.4 is 10.9 Å². The molecule has 6 nitrogen and oxygen atoms in total. The number of carbonyl (C=O) groups is 2. The van der Waals surface area contributed by atoms with Crippen molar-refractivity contribution in [2.24, 2.45) is 0 Å². The number of ketones is 1. The van der Waals surface area contributed by atoms with E-state index < -0.39 is 6.04 Å². The highest BCUT2D eigenvalue weighted by atomic mass is 32.1. The van der Waals surface area contributed by atoms with Crippen LogP contribution in [0.2, 0.25) is 0 Å². The van der Waals surface area contributed by atoms with E-state index in [1.165, 1.54) is 22.7 Å². The van der Waals surface area contributed by atoms with E-state index in [4.69, 9.17) is 0 Å². The molecule has 0 saturated heterocycles. The number of nitrogens with zero attached hydrogens (tertiary/aromatic N) is 2. The largest absolute Gasteiger partial charge is 0.324 e. The Morgan fingerprint density at radius 2 is 2.11 bits per heavy atom. The van der Waals surface area contributed by atoms with E-state index >= 15 is 0 Å². The Morgan fingerprint density at radius 1 is 1.30 bits per heavy atom. The van der Waals surface area contributed by atoms with Crippen molar-refractivity contribution in [2.75, 3.05) is 5.32 Å². The Bertz CT molecular complexity index is 1130. The minimum absolute atomic E-state index is 0.0728. The van der Waals surface area contributed by atoms with Crippen molar-refractivity contribution in [3.05, 3.63) is 57.0 Å². The fourth-order valence-electron chi connectivity index (χ4n) is 3.46. The van der Waals surface area contributed by atoms with Gasteiger partial charge in [0.05, 0.1) is 11.7 Å². The summed E-state index contributed by atoms with van der Waals surface area (Å²) >= 11 is 1.58. The van der Waals surface area contributed by atoms with Crippen molar-refractivity contribution in [1.82, 2.24) is 9.55 Å². The molecular weight excluding hydrogens is 362 g/mol. The first-order valence-electron chi connectivity index (χ1n) is 8.89. The number of benzene rings is 1. The topological polar surface area (TPSA) is 81.1 Å². The molecule has 1 aliphatic rings. The maximum atomic E-state index is 13.0. The van der Waals surface area contributed by atoms with Gasteiger partial charge in [0, 0.05) is 16.1 Å². The standard InChI is InChI=1S/C20H19N3O3S/c1-11(18(25)22-14-6-3-5-13(9-14)12(2)24)23-10-21-19-17(20(23)26)15-7-4-8-16(15)27-19/h3,5-6,9-11H,4,7-8H2,1-2H3,(H,22,25). The van der Waals surface area contributed by atoms with E-state index in [-0.39, 0.29) is 17.2 Å². The normalized spacial score (nSPS) is 14.1. The molecule has 4 rings (SSSR count). The minimum atomic E-state index is -0.715. The summed E-state index contributed by atoms with van der Waals surface area (Å²) in [5, 5.41) is 3.44. The molecular formula is C20H19N3O3S. The monoisotopic (exact) mass is 381 g/mol. The van der Waals surface area contributed by atoms with E-state index in [1.807, 2.05) is 0 Å². The first-order chi connectivity index (χ1) is 13.0. The Morgan fingerprint density at radius 3 is 2.89 bits per heavy atom. The van der Waals surface area contributed by atoms with Crippen LogP contribution >= 0.6 is 11.3 Å². The predicted molar refractivity (Wildman–Crippen MR) is 106 cm³/mol. The third-order valence-electron chi connectivity index (χ3n) is 4.98. The van der Waals surface area contributed by atoms with Crippen molar-refractivity contribution < 1.29 is 9.59 Å². The molecule has 1 aromatic carbocycles. The molecule has 1 N–H and O–H groups in total. The summed E-state index contributed by atoms with van der Waals surface area (Å²) in [7, 11) is 0. The zero-order valence-electron chi connectivity index (χ0n) is 15.1. The molecule has 1 aliphatic carbocycles. The first kappa shape index (κ1) is 17.6. The number of rotatable bonds is 4. The molecule has 3 aromatic rings. The number of anilines is 1. The Balaban J connectivity index is 1.64. The Kier molecular flexibility index (Phi) is 4.39. The fraction of sp³-hybridized carbons (Fsp3) is 0.300. The molecule has 0 fully saturated rings. The molecule has 2 aromatic heterocycles. The molecule has 1 atom stereocenters. The van der Waals surface area contributed by atoms with Gasteiger partial charge in [0.2, 0.25) is 5.91 Å². The van der Waals surface area contributed by atoms with Crippen LogP contribution in [0.15, 0.2) is 35.4 Å². The van der Waals surface area contributed by atoms with Gasteiger partial charge in [-0.1, -0.05) is 12.1 Å². The summed E-state index contributed by atoms with van der Waals surface area (Å²) in [6.45, 7) is 3.15. The molecule has 1 amide bonds. The summed E-state index contributed by atoms with van der Waals surface area (Å²) in [6, 6.07) is 6.04. The van der Waals surface area contributed by atoms with Crippen LogP contribution in [-0.2, 0) is 17.6 Å². The zero-order valence-corrected chi connectivity index (χ0v) is 15.9. The van der Waals surface area contributed by atoms with E-state index in [0.29, 0.717) is 16.6 Å². The Labute approximate surface area is 159 Å². The summed E-state index contributed by atoms with van der Waals surface area (Å²) in [4.78, 5) is 43.6. The van der Waals surface area contributed by atoms with Gasteiger partial charge in [-0.2, -0.15) is 0 Å². The van der Waals surface area contributed by atoms with Crippen LogP contribution in [0.25, 0.3) is 10.2 Å². The van der Waals surface area contributed by atoms with Crippen LogP contribution in [0.4, 0.5) is 5.69 Å². The number of carbonyl (C=O) groups excluding carboxylic acids is 2. The maximum absolute atomic E-state index is 13.0. The highest BCUT2D eigenvalue weighted by Crippen LogP contribution is 2.34. The smallest absolute Gasteiger partial charge is 0.263 e. The molecule has 0 saturated carbocycles. The number of fused-ring (bicyclic) bond motifs is 3. The van der Waals surface area contributed by atoms with Gasteiger partial charge in [-0.25, -0.2) is 4.98 Å². The summed E-state index contributed by atoms with van der Waals surface area (Å²) in [6.07, 6.45) is 4.41. The third-order valence-corrected chi connectivity index (χ3v) is 6.18. The lowest BCUT2D eigenvalue weighted by Gasteiger charge is -2.15. The second-order valence-electron chi connectivity index (χ2n) is 6.80. The SMILES string of the molecule is CC(=O)c1cccc(NC(=O)C(C)n2cnc3sc4c(c3c2=O)CCC4)c1. The highest BCUT2D eigenvalue weighted by molar-refractivity contribution is 7.18. The second-order valence-corrected chi connectivity index (χ2v) is 7.88. The number of hydrogen-bond donors (Lipinski definition) is 1. The predicted octanol–water partition coefficient (Wildman–Crippen LogP) is 3.35. The lowest BCUT2D eigenvalue weighted by atomic mass is 10.1. The molecule has 138 valence electrons. The molecule has 0 aliphatic heterocycles. The zero-order chi connectivity index (χ0) is 19.1. The summed E-state index contributed by atoms with van der Waals surface area (Å²) in [5.41, 5.74) is 1.98. The molecule has 7 heteroatoms. The average molecular weight is 381 g/mol. The fourth-order valence-corrected chi connectivity index (χ4v) is 4.68. The van der Waals surface area contributed by atoms with Crippen molar-refractivity contribution in [2.45, 2.75) is 39.2 Å². The van der Waals surface area contributed by atoms with Crippen molar-refractivity contribution in [3.8, 4) is 0 Å². The van der Waals surface area contributed by atoms with Crippen molar-refractivity contribution in [1.29, 1.82) is 0 Å². The number of amides is 1. The van der Waals surface area contributed by atoms with E-state index in [9.17, 15) is 14.4 Å². The van der Waals surface area contributed by atoms with Crippen LogP contribution in [0.5, 0.6) is 0 Å². The number of thiophene rings is 1. The van der Waals surface area contributed by atoms with E-state index in [2.05, 4.69) is 10.3 Å². The second kappa shape index (κ2) is 6.74. The third kappa shape index (κ3) is 3.08. The van der Waals surface area contributed by atoms with Gasteiger partial charge < -0.3 is 5.32 Å². The molecule has 2 heterocycles. The highest BCUT2D eigenvalue weighted by Gasteiger charge is 2.24. The molecule has 0 spiro atoms. The molecule has 0 radical (unpaired) electrons. The van der Waals surface area contributed by atoms with E-state index in [0.717, 1.165) is 29.7 Å². The lowest BCUT2D eigenvalue weighted by Crippen LogP contribution is -2.31. The van der Waals surface area contributed by atoms with Gasteiger partial charge in [-0.15, -0.1) is 11.3 Å². The first-order valence-corrected chi connectivity index (χ1v) is 9.70. The number of nitrogens with one attached hydrogen (secondary N) is 1. The number of hydrogen-bond acceptors (Lipinski definition) is 5. The number of aryl methyl sites for hydroxylation is 2. The van der Waals surface area contributed by atoms with Crippen LogP contribution in [0.1, 0.15) is 47.1 Å². The number of Topliss-reactive ketones (excluding diaryl/α,β-unsaturated/α-hetero) is 1. The minimum Gasteiger partial charge on any atom is -0.324 e. The molecule has 1 unspecified atom stereocenters.